The fraction of sp³-hybridized carbons (Fsp3) is 0.235. The number of aromatic hydroxyl groups is 1. The highest BCUT2D eigenvalue weighted by atomic mass is 19.1. The molecule has 0 aliphatic heterocycles. The third-order valence-electron chi connectivity index (χ3n) is 3.65. The fourth-order valence-corrected chi connectivity index (χ4v) is 2.56. The van der Waals surface area contributed by atoms with Crippen LogP contribution in [0.15, 0.2) is 36.4 Å². The van der Waals surface area contributed by atoms with E-state index in [1.807, 2.05) is 43.5 Å². The number of aryl methyl sites for hydroxylation is 1. The van der Waals surface area contributed by atoms with Gasteiger partial charge in [-0.1, -0.05) is 18.2 Å². The first-order chi connectivity index (χ1) is 9.99. The van der Waals surface area contributed by atoms with Crippen molar-refractivity contribution in [3.8, 4) is 17.1 Å². The van der Waals surface area contributed by atoms with Crippen LogP contribution in [0.25, 0.3) is 22.4 Å². The minimum atomic E-state index is -0.329. The van der Waals surface area contributed by atoms with Gasteiger partial charge in [-0.3, -0.25) is 0 Å². The third-order valence-corrected chi connectivity index (χ3v) is 3.65. The smallest absolute Gasteiger partial charge is 0.151 e. The Labute approximate surface area is 122 Å². The van der Waals surface area contributed by atoms with E-state index in [9.17, 15) is 9.50 Å². The van der Waals surface area contributed by atoms with Crippen LogP contribution in [0.1, 0.15) is 25.5 Å². The average molecular weight is 284 g/mol. The molecule has 3 rings (SSSR count). The second kappa shape index (κ2) is 4.88. The van der Waals surface area contributed by atoms with E-state index in [1.165, 1.54) is 6.07 Å². The molecule has 3 aromatic rings. The van der Waals surface area contributed by atoms with Crippen molar-refractivity contribution in [1.82, 2.24) is 9.55 Å². The average Bonchev–Trinajstić information content (AvgIpc) is 2.83. The summed E-state index contributed by atoms with van der Waals surface area (Å²) in [6, 6.07) is 10.5. The maximum absolute atomic E-state index is 14.0. The predicted molar refractivity (Wildman–Crippen MR) is 81.9 cm³/mol. The lowest BCUT2D eigenvalue weighted by atomic mass is 10.1. The molecule has 0 saturated heterocycles. The number of hydrogen-bond donors (Lipinski definition) is 1. The molecule has 3 nitrogen and oxygen atoms in total. The maximum Gasteiger partial charge on any atom is 0.151 e. The zero-order valence-corrected chi connectivity index (χ0v) is 12.3. The number of rotatable bonds is 2. The molecule has 0 fully saturated rings. The SMILES string of the molecule is Cc1ccc(-c2nc3c(F)cccc3n2C(C)C)cc1O. The molecule has 4 heteroatoms. The van der Waals surface area contributed by atoms with Crippen LogP contribution >= 0.6 is 0 Å². The van der Waals surface area contributed by atoms with E-state index < -0.39 is 0 Å². The number of halogens is 1. The highest BCUT2D eigenvalue weighted by Crippen LogP contribution is 2.31. The Balaban J connectivity index is 2.33. The molecule has 0 radical (unpaired) electrons. The van der Waals surface area contributed by atoms with Gasteiger partial charge in [0.2, 0.25) is 0 Å². The Kier molecular flexibility index (Phi) is 3.16. The minimum absolute atomic E-state index is 0.134. The molecule has 0 unspecified atom stereocenters. The van der Waals surface area contributed by atoms with Crippen LogP contribution in [-0.4, -0.2) is 14.7 Å². The Morgan fingerprint density at radius 2 is 1.95 bits per heavy atom. The Morgan fingerprint density at radius 3 is 2.62 bits per heavy atom. The molecule has 21 heavy (non-hydrogen) atoms. The van der Waals surface area contributed by atoms with Crippen LogP contribution in [-0.2, 0) is 0 Å². The number of benzene rings is 2. The number of phenols is 1. The predicted octanol–water partition coefficient (Wildman–Crippen LogP) is 4.44. The number of imidazole rings is 1. The lowest BCUT2D eigenvalue weighted by Gasteiger charge is -2.13. The number of para-hydroxylation sites is 1. The highest BCUT2D eigenvalue weighted by Gasteiger charge is 2.17. The van der Waals surface area contributed by atoms with Crippen LogP contribution in [0.2, 0.25) is 0 Å². The summed E-state index contributed by atoms with van der Waals surface area (Å²) < 4.78 is 16.0. The van der Waals surface area contributed by atoms with E-state index in [0.717, 1.165) is 16.6 Å². The van der Waals surface area contributed by atoms with E-state index in [2.05, 4.69) is 4.98 Å². The van der Waals surface area contributed by atoms with Crippen LogP contribution < -0.4 is 0 Å². The molecular weight excluding hydrogens is 267 g/mol. The molecule has 2 aromatic carbocycles. The van der Waals surface area contributed by atoms with Gasteiger partial charge in [0.1, 0.15) is 17.1 Å². The molecule has 0 aliphatic carbocycles. The Morgan fingerprint density at radius 1 is 1.19 bits per heavy atom. The van der Waals surface area contributed by atoms with Gasteiger partial charge in [0.15, 0.2) is 5.82 Å². The lowest BCUT2D eigenvalue weighted by molar-refractivity contribution is 0.471. The summed E-state index contributed by atoms with van der Waals surface area (Å²) in [5.74, 6) is 0.556. The zero-order chi connectivity index (χ0) is 15.1. The van der Waals surface area contributed by atoms with Gasteiger partial charge in [0.05, 0.1) is 5.52 Å². The fourth-order valence-electron chi connectivity index (χ4n) is 2.56. The van der Waals surface area contributed by atoms with Gasteiger partial charge in [0.25, 0.3) is 0 Å². The number of phenolic OH excluding ortho intramolecular Hbond substituents is 1. The van der Waals surface area contributed by atoms with Crippen LogP contribution in [0, 0.1) is 12.7 Å². The zero-order valence-electron chi connectivity index (χ0n) is 12.3. The second-order valence-electron chi connectivity index (χ2n) is 5.51. The highest BCUT2D eigenvalue weighted by molar-refractivity contribution is 5.81. The van der Waals surface area contributed by atoms with Crippen molar-refractivity contribution in [3.05, 3.63) is 47.8 Å². The summed E-state index contributed by atoms with van der Waals surface area (Å²) in [5, 5.41) is 9.91. The van der Waals surface area contributed by atoms with Crippen LogP contribution in [0.4, 0.5) is 4.39 Å². The minimum Gasteiger partial charge on any atom is -0.508 e. The van der Waals surface area contributed by atoms with Crippen LogP contribution in [0.5, 0.6) is 5.75 Å². The molecule has 0 aliphatic rings. The van der Waals surface area contributed by atoms with Gasteiger partial charge in [-0.15, -0.1) is 0 Å². The Bertz CT molecular complexity index is 821. The molecule has 0 atom stereocenters. The first-order valence-corrected chi connectivity index (χ1v) is 6.95. The summed E-state index contributed by atoms with van der Waals surface area (Å²) in [6.45, 7) is 5.90. The number of aromatic nitrogens is 2. The van der Waals surface area contributed by atoms with Crippen molar-refractivity contribution in [2.75, 3.05) is 0 Å². The van der Waals surface area contributed by atoms with Crippen molar-refractivity contribution in [1.29, 1.82) is 0 Å². The molecule has 0 saturated carbocycles. The van der Waals surface area contributed by atoms with Gasteiger partial charge < -0.3 is 9.67 Å². The number of nitrogens with zero attached hydrogens (tertiary/aromatic N) is 2. The molecule has 0 amide bonds. The first-order valence-electron chi connectivity index (χ1n) is 6.95. The molecule has 1 aromatic heterocycles. The van der Waals surface area contributed by atoms with Crippen molar-refractivity contribution >= 4 is 11.0 Å². The van der Waals surface area contributed by atoms with Crippen LogP contribution in [0.3, 0.4) is 0 Å². The monoisotopic (exact) mass is 284 g/mol. The molecule has 0 spiro atoms. The van der Waals surface area contributed by atoms with Crippen molar-refractivity contribution in [3.63, 3.8) is 0 Å². The lowest BCUT2D eigenvalue weighted by Crippen LogP contribution is -2.03. The topological polar surface area (TPSA) is 38.0 Å². The maximum atomic E-state index is 14.0. The molecular formula is C17H17FN2O. The summed E-state index contributed by atoms with van der Waals surface area (Å²) in [5.41, 5.74) is 2.71. The van der Waals surface area contributed by atoms with Gasteiger partial charge in [-0.2, -0.15) is 0 Å². The molecule has 0 bridgehead atoms. The van der Waals surface area contributed by atoms with E-state index in [0.29, 0.717) is 11.3 Å². The summed E-state index contributed by atoms with van der Waals surface area (Å²) in [4.78, 5) is 4.45. The molecule has 1 heterocycles. The first kappa shape index (κ1) is 13.6. The normalized spacial score (nSPS) is 11.5. The van der Waals surface area contributed by atoms with Crippen molar-refractivity contribution in [2.45, 2.75) is 26.8 Å². The Hall–Kier alpha value is -2.36. The molecule has 108 valence electrons. The van der Waals surface area contributed by atoms with Gasteiger partial charge in [-0.25, -0.2) is 9.37 Å². The molecule has 1 N–H and O–H groups in total. The quantitative estimate of drug-likeness (QED) is 0.755. The van der Waals surface area contributed by atoms with E-state index >= 15 is 0 Å². The van der Waals surface area contributed by atoms with Gasteiger partial charge in [0, 0.05) is 11.6 Å². The van der Waals surface area contributed by atoms with E-state index in [-0.39, 0.29) is 17.6 Å². The summed E-state index contributed by atoms with van der Waals surface area (Å²) >= 11 is 0. The van der Waals surface area contributed by atoms with Crippen molar-refractivity contribution in [2.24, 2.45) is 0 Å². The number of fused-ring (bicyclic) bond motifs is 1. The van der Waals surface area contributed by atoms with Gasteiger partial charge >= 0.3 is 0 Å². The summed E-state index contributed by atoms with van der Waals surface area (Å²) in [6.07, 6.45) is 0. The van der Waals surface area contributed by atoms with E-state index in [4.69, 9.17) is 0 Å². The summed E-state index contributed by atoms with van der Waals surface area (Å²) in [7, 11) is 0. The second-order valence-corrected chi connectivity index (χ2v) is 5.51. The largest absolute Gasteiger partial charge is 0.508 e. The number of hydrogen-bond acceptors (Lipinski definition) is 2. The third kappa shape index (κ3) is 2.17. The standard InChI is InChI=1S/C17H17FN2O/c1-10(2)20-14-6-4-5-13(18)16(14)19-17(20)12-8-7-11(3)15(21)9-12/h4-10,21H,1-3H3. The van der Waals surface area contributed by atoms with Crippen molar-refractivity contribution < 1.29 is 9.50 Å². The van der Waals surface area contributed by atoms with Gasteiger partial charge in [-0.05, 0) is 44.5 Å². The van der Waals surface area contributed by atoms with E-state index in [1.54, 1.807) is 12.1 Å².